The van der Waals surface area contributed by atoms with E-state index in [0.29, 0.717) is 13.0 Å². The van der Waals surface area contributed by atoms with Crippen LogP contribution in [0.1, 0.15) is 31.7 Å². The molecule has 0 aliphatic carbocycles. The highest BCUT2D eigenvalue weighted by Gasteiger charge is 2.14. The second-order valence-corrected chi connectivity index (χ2v) is 4.46. The SMILES string of the molecule is CCOc1ccc2[nH]cc(C(C)CC(N)=O)c2c1. The van der Waals surface area contributed by atoms with Gasteiger partial charge in [-0.2, -0.15) is 0 Å². The highest BCUT2D eigenvalue weighted by atomic mass is 16.5. The molecule has 1 aromatic heterocycles. The van der Waals surface area contributed by atoms with Crippen LogP contribution in [0.25, 0.3) is 10.9 Å². The predicted octanol–water partition coefficient (Wildman–Crippen LogP) is 2.55. The Morgan fingerprint density at radius 2 is 2.28 bits per heavy atom. The third kappa shape index (κ3) is 2.47. The predicted molar refractivity (Wildman–Crippen MR) is 71.7 cm³/mol. The van der Waals surface area contributed by atoms with E-state index in [0.717, 1.165) is 22.2 Å². The number of hydrogen-bond acceptors (Lipinski definition) is 2. The first-order chi connectivity index (χ1) is 8.61. The van der Waals surface area contributed by atoms with Gasteiger partial charge in [0.2, 0.25) is 5.91 Å². The van der Waals surface area contributed by atoms with Crippen LogP contribution < -0.4 is 10.5 Å². The molecule has 4 nitrogen and oxygen atoms in total. The van der Waals surface area contributed by atoms with Crippen molar-refractivity contribution in [2.75, 3.05) is 6.61 Å². The second kappa shape index (κ2) is 5.12. The number of H-pyrrole nitrogens is 1. The minimum absolute atomic E-state index is 0.105. The standard InChI is InChI=1S/C14H18N2O2/c1-3-18-10-4-5-13-11(7-10)12(8-16-13)9(2)6-14(15)17/h4-5,7-9,16H,3,6H2,1-2H3,(H2,15,17). The summed E-state index contributed by atoms with van der Waals surface area (Å²) in [5, 5.41) is 1.09. The number of carbonyl (C=O) groups excluding carboxylic acids is 1. The Hall–Kier alpha value is -1.97. The fourth-order valence-electron chi connectivity index (χ4n) is 2.20. The fraction of sp³-hybridized carbons (Fsp3) is 0.357. The van der Waals surface area contributed by atoms with Crippen molar-refractivity contribution in [1.29, 1.82) is 0 Å². The largest absolute Gasteiger partial charge is 0.494 e. The molecule has 0 aliphatic heterocycles. The number of aromatic amines is 1. The van der Waals surface area contributed by atoms with E-state index in [1.165, 1.54) is 0 Å². The zero-order chi connectivity index (χ0) is 13.1. The topological polar surface area (TPSA) is 68.1 Å². The summed E-state index contributed by atoms with van der Waals surface area (Å²) in [4.78, 5) is 14.2. The number of primary amides is 1. The lowest BCUT2D eigenvalue weighted by atomic mass is 9.97. The van der Waals surface area contributed by atoms with Crippen molar-refractivity contribution in [3.63, 3.8) is 0 Å². The van der Waals surface area contributed by atoms with E-state index in [1.807, 2.05) is 38.2 Å². The van der Waals surface area contributed by atoms with Crippen molar-refractivity contribution in [1.82, 2.24) is 4.98 Å². The van der Waals surface area contributed by atoms with Gasteiger partial charge in [0.25, 0.3) is 0 Å². The van der Waals surface area contributed by atoms with Gasteiger partial charge in [-0.15, -0.1) is 0 Å². The minimum Gasteiger partial charge on any atom is -0.494 e. The van der Waals surface area contributed by atoms with Gasteiger partial charge >= 0.3 is 0 Å². The highest BCUT2D eigenvalue weighted by Crippen LogP contribution is 2.30. The van der Waals surface area contributed by atoms with E-state index in [-0.39, 0.29) is 11.8 Å². The maximum absolute atomic E-state index is 11.0. The van der Waals surface area contributed by atoms with Crippen LogP contribution >= 0.6 is 0 Å². The molecule has 0 fully saturated rings. The Labute approximate surface area is 106 Å². The van der Waals surface area contributed by atoms with Crippen molar-refractivity contribution >= 4 is 16.8 Å². The number of benzene rings is 1. The lowest BCUT2D eigenvalue weighted by Crippen LogP contribution is -2.13. The van der Waals surface area contributed by atoms with Gasteiger partial charge in [-0.05, 0) is 36.6 Å². The molecule has 0 aliphatic rings. The minimum atomic E-state index is -0.280. The third-order valence-corrected chi connectivity index (χ3v) is 3.03. The van der Waals surface area contributed by atoms with Crippen molar-refractivity contribution in [3.8, 4) is 5.75 Å². The zero-order valence-corrected chi connectivity index (χ0v) is 10.7. The molecule has 0 spiro atoms. The van der Waals surface area contributed by atoms with Gasteiger partial charge in [0.15, 0.2) is 0 Å². The molecule has 1 heterocycles. The molecule has 0 radical (unpaired) electrons. The second-order valence-electron chi connectivity index (χ2n) is 4.46. The van der Waals surface area contributed by atoms with Crippen LogP contribution in [0.5, 0.6) is 5.75 Å². The highest BCUT2D eigenvalue weighted by molar-refractivity contribution is 5.86. The first-order valence-corrected chi connectivity index (χ1v) is 6.14. The van der Waals surface area contributed by atoms with Crippen LogP contribution in [0.4, 0.5) is 0 Å². The Balaban J connectivity index is 2.38. The third-order valence-electron chi connectivity index (χ3n) is 3.03. The summed E-state index contributed by atoms with van der Waals surface area (Å²) in [5.74, 6) is 0.670. The molecule has 1 amide bonds. The number of carbonyl (C=O) groups is 1. The number of nitrogens with one attached hydrogen (secondary N) is 1. The maximum Gasteiger partial charge on any atom is 0.218 e. The zero-order valence-electron chi connectivity index (χ0n) is 10.7. The number of ether oxygens (including phenoxy) is 1. The molecule has 1 unspecified atom stereocenters. The summed E-state index contributed by atoms with van der Waals surface area (Å²) < 4.78 is 5.49. The summed E-state index contributed by atoms with van der Waals surface area (Å²) in [7, 11) is 0. The van der Waals surface area contributed by atoms with Gasteiger partial charge in [0, 0.05) is 23.5 Å². The maximum atomic E-state index is 11.0. The summed E-state index contributed by atoms with van der Waals surface area (Å²) in [6, 6.07) is 5.92. The van der Waals surface area contributed by atoms with E-state index >= 15 is 0 Å². The molecule has 2 rings (SSSR count). The average molecular weight is 246 g/mol. The van der Waals surface area contributed by atoms with Crippen molar-refractivity contribution < 1.29 is 9.53 Å². The van der Waals surface area contributed by atoms with E-state index in [1.54, 1.807) is 0 Å². The van der Waals surface area contributed by atoms with Crippen molar-refractivity contribution in [2.45, 2.75) is 26.2 Å². The van der Waals surface area contributed by atoms with Crippen LogP contribution in [-0.4, -0.2) is 17.5 Å². The first-order valence-electron chi connectivity index (χ1n) is 6.14. The summed E-state index contributed by atoms with van der Waals surface area (Å²) in [6.07, 6.45) is 2.29. The molecule has 0 saturated carbocycles. The van der Waals surface area contributed by atoms with E-state index in [9.17, 15) is 4.79 Å². The average Bonchev–Trinajstić information content (AvgIpc) is 2.71. The van der Waals surface area contributed by atoms with Gasteiger partial charge in [0.1, 0.15) is 5.75 Å². The molecule has 1 atom stereocenters. The van der Waals surface area contributed by atoms with Crippen LogP contribution in [-0.2, 0) is 4.79 Å². The number of rotatable bonds is 5. The number of aromatic nitrogens is 1. The molecule has 0 saturated heterocycles. The summed E-state index contributed by atoms with van der Waals surface area (Å²) >= 11 is 0. The molecular weight excluding hydrogens is 228 g/mol. The molecule has 1 aromatic carbocycles. The normalized spacial score (nSPS) is 12.6. The number of amides is 1. The number of fused-ring (bicyclic) bond motifs is 1. The van der Waals surface area contributed by atoms with Gasteiger partial charge < -0.3 is 15.5 Å². The van der Waals surface area contributed by atoms with Crippen molar-refractivity contribution in [3.05, 3.63) is 30.0 Å². The molecule has 0 bridgehead atoms. The lowest BCUT2D eigenvalue weighted by Gasteiger charge is -2.09. The summed E-state index contributed by atoms with van der Waals surface area (Å²) in [5.41, 5.74) is 7.40. The van der Waals surface area contributed by atoms with E-state index in [2.05, 4.69) is 4.98 Å². The van der Waals surface area contributed by atoms with Crippen LogP contribution in [0.15, 0.2) is 24.4 Å². The Bertz CT molecular complexity index is 560. The lowest BCUT2D eigenvalue weighted by molar-refractivity contribution is -0.118. The quantitative estimate of drug-likeness (QED) is 0.851. The van der Waals surface area contributed by atoms with E-state index < -0.39 is 0 Å². The van der Waals surface area contributed by atoms with Gasteiger partial charge in [0.05, 0.1) is 6.61 Å². The van der Waals surface area contributed by atoms with Gasteiger partial charge in [-0.25, -0.2) is 0 Å². The molecule has 3 N–H and O–H groups in total. The summed E-state index contributed by atoms with van der Waals surface area (Å²) in [6.45, 7) is 4.60. The fourth-order valence-corrected chi connectivity index (χ4v) is 2.20. The van der Waals surface area contributed by atoms with E-state index in [4.69, 9.17) is 10.5 Å². The Morgan fingerprint density at radius 1 is 1.50 bits per heavy atom. The monoisotopic (exact) mass is 246 g/mol. The van der Waals surface area contributed by atoms with Crippen LogP contribution in [0.2, 0.25) is 0 Å². The first kappa shape index (κ1) is 12.5. The van der Waals surface area contributed by atoms with Gasteiger partial charge in [-0.3, -0.25) is 4.79 Å². The number of hydrogen-bond donors (Lipinski definition) is 2. The van der Waals surface area contributed by atoms with Crippen molar-refractivity contribution in [2.24, 2.45) is 5.73 Å². The molecule has 2 aromatic rings. The van der Waals surface area contributed by atoms with Crippen LogP contribution in [0, 0.1) is 0 Å². The molecule has 96 valence electrons. The Kier molecular flexibility index (Phi) is 3.55. The molecule has 4 heteroatoms. The molecule has 18 heavy (non-hydrogen) atoms. The van der Waals surface area contributed by atoms with Gasteiger partial charge in [-0.1, -0.05) is 6.92 Å². The van der Waals surface area contributed by atoms with Crippen LogP contribution in [0.3, 0.4) is 0 Å². The number of nitrogens with two attached hydrogens (primary N) is 1. The molecular formula is C14H18N2O2. The smallest absolute Gasteiger partial charge is 0.218 e. The Morgan fingerprint density at radius 3 is 2.94 bits per heavy atom.